The van der Waals surface area contributed by atoms with Crippen LogP contribution in [-0.4, -0.2) is 19.6 Å². The maximum atomic E-state index is 4.93. The first kappa shape index (κ1) is 14.7. The summed E-state index contributed by atoms with van der Waals surface area (Å²) in [5.74, 6) is 0. The van der Waals surface area contributed by atoms with Crippen molar-refractivity contribution < 1.29 is 0 Å². The fraction of sp³-hybridized carbons (Fsp3) is 0.250. The van der Waals surface area contributed by atoms with Gasteiger partial charge in [-0.1, -0.05) is 67.6 Å². The minimum atomic E-state index is 0.852. The molecule has 0 spiro atoms. The second-order valence-electron chi connectivity index (χ2n) is 5.45. The molecule has 3 aromatic carbocycles. The van der Waals surface area contributed by atoms with E-state index in [1.807, 2.05) is 0 Å². The van der Waals surface area contributed by atoms with Gasteiger partial charge in [-0.15, -0.1) is 0 Å². The van der Waals surface area contributed by atoms with E-state index in [4.69, 9.17) is 4.99 Å². The zero-order valence-electron chi connectivity index (χ0n) is 13.0. The molecule has 0 saturated carbocycles. The van der Waals surface area contributed by atoms with Gasteiger partial charge in [0.25, 0.3) is 0 Å². The van der Waals surface area contributed by atoms with Crippen molar-refractivity contribution in [3.63, 3.8) is 0 Å². The molecule has 0 fully saturated rings. The molecule has 0 aliphatic carbocycles. The number of rotatable bonds is 5. The molecule has 0 radical (unpaired) electrons. The van der Waals surface area contributed by atoms with Crippen molar-refractivity contribution in [3.05, 3.63) is 66.0 Å². The summed E-state index contributed by atoms with van der Waals surface area (Å²) in [5, 5.41) is 9.41. The molecule has 112 valence electrons. The first-order valence-corrected chi connectivity index (χ1v) is 8.02. The van der Waals surface area contributed by atoms with Crippen molar-refractivity contribution >= 4 is 21.5 Å². The second kappa shape index (κ2) is 7.19. The summed E-state index contributed by atoms with van der Waals surface area (Å²) in [6.45, 7) is 5.03. The minimum Gasteiger partial charge on any atom is -0.317 e. The Labute approximate surface area is 131 Å². The number of nitrogens with one attached hydrogen (secondary N) is 1. The highest BCUT2D eigenvalue weighted by atomic mass is 14.8. The van der Waals surface area contributed by atoms with Gasteiger partial charge < -0.3 is 5.32 Å². The second-order valence-corrected chi connectivity index (χ2v) is 5.45. The van der Waals surface area contributed by atoms with Crippen molar-refractivity contribution in [1.82, 2.24) is 5.32 Å². The first-order valence-electron chi connectivity index (χ1n) is 8.02. The molecule has 2 heteroatoms. The first-order chi connectivity index (χ1) is 10.9. The smallest absolute Gasteiger partial charge is 0.0730 e. The van der Waals surface area contributed by atoms with Crippen LogP contribution in [0.4, 0.5) is 0 Å². The summed E-state index contributed by atoms with van der Waals surface area (Å²) < 4.78 is 0. The lowest BCUT2D eigenvalue weighted by atomic mass is 10.1. The van der Waals surface area contributed by atoms with E-state index in [0.717, 1.165) is 31.4 Å². The third-order valence-corrected chi connectivity index (χ3v) is 3.91. The van der Waals surface area contributed by atoms with Crippen LogP contribution < -0.4 is 10.7 Å². The Morgan fingerprint density at radius 1 is 0.818 bits per heavy atom. The van der Waals surface area contributed by atoms with Crippen LogP contribution in [-0.2, 0) is 0 Å². The van der Waals surface area contributed by atoms with Crippen LogP contribution in [0.5, 0.6) is 0 Å². The SMILES string of the molecule is CCNCCCN=c1c2ccccc2ccc2ccccc12. The fourth-order valence-electron chi connectivity index (χ4n) is 2.78. The highest BCUT2D eigenvalue weighted by Gasteiger charge is 1.99. The van der Waals surface area contributed by atoms with Crippen molar-refractivity contribution in [2.45, 2.75) is 13.3 Å². The molecule has 1 N–H and O–H groups in total. The van der Waals surface area contributed by atoms with E-state index in [9.17, 15) is 0 Å². The lowest BCUT2D eigenvalue weighted by Crippen LogP contribution is -2.15. The lowest BCUT2D eigenvalue weighted by Gasteiger charge is -1.99. The summed E-state index contributed by atoms with van der Waals surface area (Å²) in [6, 6.07) is 21.4. The molecular weight excluding hydrogens is 268 g/mol. The molecule has 0 heterocycles. The molecule has 0 amide bonds. The molecule has 3 aromatic rings. The maximum absolute atomic E-state index is 4.93. The van der Waals surface area contributed by atoms with E-state index >= 15 is 0 Å². The van der Waals surface area contributed by atoms with E-state index in [1.54, 1.807) is 0 Å². The Balaban J connectivity index is 2.16. The molecule has 0 unspecified atom stereocenters. The fourth-order valence-corrected chi connectivity index (χ4v) is 2.78. The zero-order chi connectivity index (χ0) is 15.2. The predicted molar refractivity (Wildman–Crippen MR) is 95.0 cm³/mol. The van der Waals surface area contributed by atoms with Gasteiger partial charge in [-0.05, 0) is 30.3 Å². The van der Waals surface area contributed by atoms with Gasteiger partial charge in [0.1, 0.15) is 0 Å². The summed E-state index contributed by atoms with van der Waals surface area (Å²) in [7, 11) is 0. The average Bonchev–Trinajstić information content (AvgIpc) is 2.72. The Hall–Kier alpha value is -2.19. The van der Waals surface area contributed by atoms with Gasteiger partial charge in [0.15, 0.2) is 0 Å². The zero-order valence-corrected chi connectivity index (χ0v) is 13.0. The maximum Gasteiger partial charge on any atom is 0.0730 e. The third kappa shape index (κ3) is 3.18. The summed E-state index contributed by atoms with van der Waals surface area (Å²) >= 11 is 0. The van der Waals surface area contributed by atoms with E-state index in [0.29, 0.717) is 0 Å². The summed E-state index contributed by atoms with van der Waals surface area (Å²) in [6.07, 6.45) is 1.06. The van der Waals surface area contributed by atoms with Crippen LogP contribution >= 0.6 is 0 Å². The van der Waals surface area contributed by atoms with E-state index in [1.165, 1.54) is 21.5 Å². The molecule has 0 saturated heterocycles. The van der Waals surface area contributed by atoms with Gasteiger partial charge in [-0.3, -0.25) is 4.99 Å². The van der Waals surface area contributed by atoms with E-state index in [-0.39, 0.29) is 0 Å². The van der Waals surface area contributed by atoms with Crippen molar-refractivity contribution in [1.29, 1.82) is 0 Å². The van der Waals surface area contributed by atoms with Crippen molar-refractivity contribution in [2.24, 2.45) is 4.99 Å². The minimum absolute atomic E-state index is 0.852. The molecule has 2 nitrogen and oxygen atoms in total. The van der Waals surface area contributed by atoms with Crippen LogP contribution in [0.1, 0.15) is 13.3 Å². The predicted octanol–water partition coefficient (Wildman–Crippen LogP) is 3.89. The van der Waals surface area contributed by atoms with Gasteiger partial charge in [0.05, 0.1) is 5.36 Å². The van der Waals surface area contributed by atoms with Crippen LogP contribution in [0.25, 0.3) is 21.5 Å². The Kier molecular flexibility index (Phi) is 4.81. The molecular formula is C20H22N2. The van der Waals surface area contributed by atoms with Gasteiger partial charge in [0, 0.05) is 17.3 Å². The molecule has 0 bridgehead atoms. The number of nitrogens with zero attached hydrogens (tertiary/aromatic N) is 1. The van der Waals surface area contributed by atoms with Crippen molar-refractivity contribution in [2.75, 3.05) is 19.6 Å². The van der Waals surface area contributed by atoms with Crippen LogP contribution in [0.2, 0.25) is 0 Å². The molecule has 0 aliphatic rings. The standard InChI is InChI=1S/C20H22N2/c1-2-21-14-7-15-22-20-18-10-5-3-8-16(18)12-13-17-9-4-6-11-19(17)20/h3-6,8-13,21H,2,7,14-15H2,1H3. The van der Waals surface area contributed by atoms with E-state index in [2.05, 4.69) is 72.9 Å². The number of hydrogen-bond acceptors (Lipinski definition) is 2. The van der Waals surface area contributed by atoms with Gasteiger partial charge in [0.2, 0.25) is 0 Å². The molecule has 22 heavy (non-hydrogen) atoms. The van der Waals surface area contributed by atoms with Crippen LogP contribution in [0.15, 0.2) is 65.7 Å². The van der Waals surface area contributed by atoms with Crippen LogP contribution in [0.3, 0.4) is 0 Å². The van der Waals surface area contributed by atoms with Crippen molar-refractivity contribution in [3.8, 4) is 0 Å². The highest BCUT2D eigenvalue weighted by molar-refractivity contribution is 5.92. The number of hydrogen-bond donors (Lipinski definition) is 1. The third-order valence-electron chi connectivity index (χ3n) is 3.91. The quantitative estimate of drug-likeness (QED) is 0.708. The largest absolute Gasteiger partial charge is 0.317 e. The monoisotopic (exact) mass is 290 g/mol. The molecule has 0 aliphatic heterocycles. The van der Waals surface area contributed by atoms with Crippen LogP contribution in [0, 0.1) is 0 Å². The van der Waals surface area contributed by atoms with Gasteiger partial charge in [-0.2, -0.15) is 0 Å². The lowest BCUT2D eigenvalue weighted by molar-refractivity contribution is 0.676. The normalized spacial score (nSPS) is 11.0. The Morgan fingerprint density at radius 3 is 2.00 bits per heavy atom. The highest BCUT2D eigenvalue weighted by Crippen LogP contribution is 2.15. The number of benzene rings is 2. The van der Waals surface area contributed by atoms with Gasteiger partial charge in [-0.25, -0.2) is 0 Å². The molecule has 0 aromatic heterocycles. The number of fused-ring (bicyclic) bond motifs is 2. The Bertz CT molecular complexity index is 776. The average molecular weight is 290 g/mol. The Morgan fingerprint density at radius 2 is 1.41 bits per heavy atom. The molecule has 0 atom stereocenters. The topological polar surface area (TPSA) is 24.4 Å². The van der Waals surface area contributed by atoms with Gasteiger partial charge >= 0.3 is 0 Å². The summed E-state index contributed by atoms with van der Waals surface area (Å²) in [4.78, 5) is 4.93. The summed E-state index contributed by atoms with van der Waals surface area (Å²) in [5.41, 5.74) is 0. The molecule has 3 rings (SSSR count). The van der Waals surface area contributed by atoms with E-state index < -0.39 is 0 Å².